The molecule has 0 bridgehead atoms. The van der Waals surface area contributed by atoms with Crippen molar-refractivity contribution in [2.24, 2.45) is 0 Å². The van der Waals surface area contributed by atoms with Crippen LogP contribution in [-0.2, 0) is 6.61 Å². The SMILES string of the molecule is Cc1cccc(Oc2nnc(CO)s2)c1C. The summed E-state index contributed by atoms with van der Waals surface area (Å²) in [6, 6.07) is 5.86. The lowest BCUT2D eigenvalue weighted by Gasteiger charge is -2.06. The highest BCUT2D eigenvalue weighted by Crippen LogP contribution is 2.28. The Morgan fingerprint density at radius 1 is 1.31 bits per heavy atom. The third-order valence-corrected chi connectivity index (χ3v) is 3.12. The van der Waals surface area contributed by atoms with E-state index in [9.17, 15) is 0 Å². The Balaban J connectivity index is 2.23. The number of hydrogen-bond donors (Lipinski definition) is 1. The first-order valence-electron chi connectivity index (χ1n) is 4.88. The van der Waals surface area contributed by atoms with E-state index in [-0.39, 0.29) is 6.61 Å². The van der Waals surface area contributed by atoms with E-state index >= 15 is 0 Å². The summed E-state index contributed by atoms with van der Waals surface area (Å²) in [7, 11) is 0. The highest BCUT2D eigenvalue weighted by atomic mass is 32.1. The second-order valence-corrected chi connectivity index (χ2v) is 4.44. The molecule has 0 unspecified atom stereocenters. The number of nitrogens with zero attached hydrogens (tertiary/aromatic N) is 2. The summed E-state index contributed by atoms with van der Waals surface area (Å²) in [6.07, 6.45) is 0. The summed E-state index contributed by atoms with van der Waals surface area (Å²) in [5.41, 5.74) is 2.26. The predicted octanol–water partition coefficient (Wildman–Crippen LogP) is 2.44. The Morgan fingerprint density at radius 3 is 2.81 bits per heavy atom. The smallest absolute Gasteiger partial charge is 0.299 e. The highest BCUT2D eigenvalue weighted by Gasteiger charge is 2.07. The molecule has 2 aromatic rings. The molecule has 0 aliphatic rings. The summed E-state index contributed by atoms with van der Waals surface area (Å²) in [5, 5.41) is 17.5. The summed E-state index contributed by atoms with van der Waals surface area (Å²) < 4.78 is 5.61. The van der Waals surface area contributed by atoms with Crippen LogP contribution in [0.5, 0.6) is 10.9 Å². The van der Waals surface area contributed by atoms with Crippen LogP contribution in [-0.4, -0.2) is 15.3 Å². The lowest BCUT2D eigenvalue weighted by molar-refractivity contribution is 0.280. The first-order valence-corrected chi connectivity index (χ1v) is 5.69. The zero-order valence-electron chi connectivity index (χ0n) is 9.10. The van der Waals surface area contributed by atoms with Crippen molar-refractivity contribution in [3.05, 3.63) is 34.3 Å². The summed E-state index contributed by atoms with van der Waals surface area (Å²) in [5.74, 6) is 0.778. The molecular formula is C11H12N2O2S. The second kappa shape index (κ2) is 4.59. The van der Waals surface area contributed by atoms with E-state index in [2.05, 4.69) is 10.2 Å². The molecule has 1 N–H and O–H groups in total. The van der Waals surface area contributed by atoms with Gasteiger partial charge in [-0.15, -0.1) is 5.10 Å². The minimum atomic E-state index is -0.103. The van der Waals surface area contributed by atoms with Gasteiger partial charge in [0.1, 0.15) is 10.8 Å². The number of rotatable bonds is 3. The lowest BCUT2D eigenvalue weighted by Crippen LogP contribution is -1.89. The van der Waals surface area contributed by atoms with Crippen molar-refractivity contribution in [3.63, 3.8) is 0 Å². The van der Waals surface area contributed by atoms with Crippen molar-refractivity contribution in [3.8, 4) is 10.9 Å². The topological polar surface area (TPSA) is 55.2 Å². The number of aliphatic hydroxyl groups is 1. The Hall–Kier alpha value is -1.46. The maximum absolute atomic E-state index is 8.87. The fourth-order valence-electron chi connectivity index (χ4n) is 1.27. The van der Waals surface area contributed by atoms with Gasteiger partial charge in [0.25, 0.3) is 5.19 Å². The van der Waals surface area contributed by atoms with Crippen molar-refractivity contribution in [2.75, 3.05) is 0 Å². The van der Waals surface area contributed by atoms with Crippen LogP contribution in [0.15, 0.2) is 18.2 Å². The molecule has 0 fully saturated rings. The standard InChI is InChI=1S/C11H12N2O2S/c1-7-4-3-5-9(8(7)2)15-11-13-12-10(6-14)16-11/h3-5,14H,6H2,1-2H3. The molecule has 0 aliphatic carbocycles. The van der Waals surface area contributed by atoms with Crippen molar-refractivity contribution in [1.82, 2.24) is 10.2 Å². The molecule has 84 valence electrons. The molecule has 1 aromatic heterocycles. The normalized spacial score (nSPS) is 10.4. The van der Waals surface area contributed by atoms with E-state index in [0.29, 0.717) is 10.2 Å². The van der Waals surface area contributed by atoms with Gasteiger partial charge in [0.05, 0.1) is 6.61 Å². The van der Waals surface area contributed by atoms with Crippen LogP contribution in [0.1, 0.15) is 16.1 Å². The lowest BCUT2D eigenvalue weighted by atomic mass is 10.1. The molecule has 16 heavy (non-hydrogen) atoms. The fourth-order valence-corrected chi connectivity index (χ4v) is 1.83. The van der Waals surface area contributed by atoms with Gasteiger partial charge < -0.3 is 9.84 Å². The molecule has 5 heteroatoms. The molecule has 2 rings (SSSR count). The Kier molecular flexibility index (Phi) is 3.17. The van der Waals surface area contributed by atoms with Gasteiger partial charge >= 0.3 is 0 Å². The molecule has 0 radical (unpaired) electrons. The third kappa shape index (κ3) is 2.20. The van der Waals surface area contributed by atoms with Crippen LogP contribution in [0.2, 0.25) is 0 Å². The van der Waals surface area contributed by atoms with Gasteiger partial charge in [-0.3, -0.25) is 0 Å². The van der Waals surface area contributed by atoms with E-state index in [0.717, 1.165) is 11.3 Å². The molecule has 0 spiro atoms. The molecule has 0 saturated carbocycles. The van der Waals surface area contributed by atoms with Crippen LogP contribution in [0.3, 0.4) is 0 Å². The van der Waals surface area contributed by atoms with Gasteiger partial charge in [-0.05, 0) is 31.0 Å². The average Bonchev–Trinajstić information content (AvgIpc) is 2.73. The van der Waals surface area contributed by atoms with Crippen molar-refractivity contribution >= 4 is 11.3 Å². The summed E-state index contributed by atoms with van der Waals surface area (Å²) in [4.78, 5) is 0. The van der Waals surface area contributed by atoms with E-state index < -0.39 is 0 Å². The maximum Gasteiger partial charge on any atom is 0.299 e. The molecule has 0 saturated heterocycles. The molecule has 1 aromatic carbocycles. The molecule has 0 amide bonds. The largest absolute Gasteiger partial charge is 0.430 e. The van der Waals surface area contributed by atoms with Gasteiger partial charge in [0.2, 0.25) is 0 Å². The first-order chi connectivity index (χ1) is 7.70. The monoisotopic (exact) mass is 236 g/mol. The average molecular weight is 236 g/mol. The highest BCUT2D eigenvalue weighted by molar-refractivity contribution is 7.13. The number of aromatic nitrogens is 2. The van der Waals surface area contributed by atoms with E-state index in [1.807, 2.05) is 32.0 Å². The summed E-state index contributed by atoms with van der Waals surface area (Å²) >= 11 is 1.25. The zero-order chi connectivity index (χ0) is 11.5. The van der Waals surface area contributed by atoms with Gasteiger partial charge in [-0.2, -0.15) is 0 Å². The molecule has 0 atom stereocenters. The Morgan fingerprint density at radius 2 is 2.12 bits per heavy atom. The number of aryl methyl sites for hydroxylation is 1. The van der Waals surface area contributed by atoms with Crippen LogP contribution in [0.25, 0.3) is 0 Å². The second-order valence-electron chi connectivity index (χ2n) is 3.42. The van der Waals surface area contributed by atoms with Crippen LogP contribution >= 0.6 is 11.3 Å². The molecule has 1 heterocycles. The van der Waals surface area contributed by atoms with Gasteiger partial charge in [-0.25, -0.2) is 0 Å². The number of ether oxygens (including phenoxy) is 1. The van der Waals surface area contributed by atoms with Gasteiger partial charge in [-0.1, -0.05) is 28.6 Å². The number of aliphatic hydroxyl groups excluding tert-OH is 1. The third-order valence-electron chi connectivity index (χ3n) is 2.34. The molecule has 0 aliphatic heterocycles. The first kappa shape index (κ1) is 11.0. The summed E-state index contributed by atoms with van der Waals surface area (Å²) in [6.45, 7) is 3.92. The van der Waals surface area contributed by atoms with Crippen LogP contribution in [0.4, 0.5) is 0 Å². The predicted molar refractivity (Wildman–Crippen MR) is 61.8 cm³/mol. The van der Waals surface area contributed by atoms with Crippen molar-refractivity contribution < 1.29 is 9.84 Å². The van der Waals surface area contributed by atoms with E-state index in [1.165, 1.54) is 16.9 Å². The Bertz CT molecular complexity index is 496. The van der Waals surface area contributed by atoms with Crippen LogP contribution < -0.4 is 4.74 Å². The zero-order valence-corrected chi connectivity index (χ0v) is 9.91. The minimum Gasteiger partial charge on any atom is -0.430 e. The van der Waals surface area contributed by atoms with Crippen LogP contribution in [0, 0.1) is 13.8 Å². The quantitative estimate of drug-likeness (QED) is 0.889. The number of benzene rings is 1. The Labute approximate surface area is 97.5 Å². The maximum atomic E-state index is 8.87. The van der Waals surface area contributed by atoms with Gasteiger partial charge in [0, 0.05) is 0 Å². The fraction of sp³-hybridized carbons (Fsp3) is 0.273. The van der Waals surface area contributed by atoms with E-state index in [4.69, 9.17) is 9.84 Å². The minimum absolute atomic E-state index is 0.103. The van der Waals surface area contributed by atoms with Crippen molar-refractivity contribution in [1.29, 1.82) is 0 Å². The van der Waals surface area contributed by atoms with Gasteiger partial charge in [0.15, 0.2) is 0 Å². The molecular weight excluding hydrogens is 224 g/mol. The van der Waals surface area contributed by atoms with Crippen molar-refractivity contribution in [2.45, 2.75) is 20.5 Å². The number of hydrogen-bond acceptors (Lipinski definition) is 5. The van der Waals surface area contributed by atoms with E-state index in [1.54, 1.807) is 0 Å². The molecule has 4 nitrogen and oxygen atoms in total.